The fraction of sp³-hybridized carbons (Fsp3) is 0.417. The lowest BCUT2D eigenvalue weighted by atomic mass is 10.3. The third kappa shape index (κ3) is 3.30. The van der Waals surface area contributed by atoms with Crippen molar-refractivity contribution in [3.05, 3.63) is 21.9 Å². The largest absolute Gasteiger partial charge is 0.468 e. The average Bonchev–Trinajstić information content (AvgIpc) is 2.98. The molecule has 0 bridgehead atoms. The Kier molecular flexibility index (Phi) is 4.15. The average molecular weight is 252 g/mol. The molecule has 0 N–H and O–H groups in total. The van der Waals surface area contributed by atoms with Crippen LogP contribution in [0.25, 0.3) is 0 Å². The van der Waals surface area contributed by atoms with E-state index in [1.807, 2.05) is 11.4 Å². The van der Waals surface area contributed by atoms with Crippen LogP contribution >= 0.6 is 11.3 Å². The lowest BCUT2D eigenvalue weighted by Gasteiger charge is -2.03. The van der Waals surface area contributed by atoms with E-state index in [9.17, 15) is 4.79 Å². The van der Waals surface area contributed by atoms with Gasteiger partial charge in [-0.3, -0.25) is 4.79 Å². The zero-order valence-electron chi connectivity index (χ0n) is 9.39. The van der Waals surface area contributed by atoms with Crippen LogP contribution in [0.5, 0.6) is 0 Å². The van der Waals surface area contributed by atoms with E-state index in [0.717, 1.165) is 10.4 Å². The van der Waals surface area contributed by atoms with Crippen molar-refractivity contribution in [1.29, 1.82) is 0 Å². The van der Waals surface area contributed by atoms with E-state index in [-0.39, 0.29) is 18.7 Å². The highest BCUT2D eigenvalue weighted by atomic mass is 32.1. The van der Waals surface area contributed by atoms with E-state index in [1.165, 1.54) is 7.11 Å². The Bertz CT molecular complexity index is 449. The summed E-state index contributed by atoms with van der Waals surface area (Å²) in [5, 5.41) is 1.92. The summed E-state index contributed by atoms with van der Waals surface area (Å²) in [6.45, 7) is 1.26. The molecule has 1 aliphatic rings. The Balaban J connectivity index is 1.95. The fourth-order valence-corrected chi connectivity index (χ4v) is 2.19. The van der Waals surface area contributed by atoms with Crippen molar-refractivity contribution in [3.63, 3.8) is 0 Å². The third-order valence-electron chi connectivity index (χ3n) is 2.17. The topological polar surface area (TPSA) is 44.8 Å². The summed E-state index contributed by atoms with van der Waals surface area (Å²) in [5.74, 6) is 5.34. The minimum absolute atomic E-state index is 0.109. The highest BCUT2D eigenvalue weighted by Crippen LogP contribution is 2.28. The Morgan fingerprint density at radius 2 is 2.35 bits per heavy atom. The first-order valence-corrected chi connectivity index (χ1v) is 6.05. The van der Waals surface area contributed by atoms with Crippen molar-refractivity contribution in [2.75, 3.05) is 20.3 Å². The van der Waals surface area contributed by atoms with Crippen molar-refractivity contribution in [3.8, 4) is 11.8 Å². The molecule has 0 atom stereocenters. The van der Waals surface area contributed by atoms with Crippen molar-refractivity contribution >= 4 is 17.3 Å². The number of methoxy groups -OCH3 is 1. The number of hydrogen-bond acceptors (Lipinski definition) is 5. The first kappa shape index (κ1) is 12.1. The minimum atomic E-state index is -0.324. The lowest BCUT2D eigenvalue weighted by molar-refractivity contribution is -0.139. The summed E-state index contributed by atoms with van der Waals surface area (Å²) < 4.78 is 15.3. The van der Waals surface area contributed by atoms with Gasteiger partial charge in [0, 0.05) is 10.9 Å². The quantitative estimate of drug-likeness (QED) is 0.593. The minimum Gasteiger partial charge on any atom is -0.468 e. The molecule has 2 heterocycles. The molecule has 0 radical (unpaired) electrons. The number of hydrogen-bond donors (Lipinski definition) is 0. The standard InChI is InChI=1S/C12H12O4S/c1-14-11(13)4-2-3-9-7-10(17-8-9)12-15-5-6-16-12/h7-8,12H,4-6H2,1H3. The SMILES string of the molecule is COC(=O)CC#Cc1csc(C2OCCO2)c1. The monoisotopic (exact) mass is 252 g/mol. The molecule has 1 saturated heterocycles. The van der Waals surface area contributed by atoms with Crippen molar-refractivity contribution in [2.45, 2.75) is 12.7 Å². The maximum Gasteiger partial charge on any atom is 0.317 e. The highest BCUT2D eigenvalue weighted by Gasteiger charge is 2.19. The van der Waals surface area contributed by atoms with Crippen LogP contribution < -0.4 is 0 Å². The maximum absolute atomic E-state index is 10.9. The van der Waals surface area contributed by atoms with Crippen molar-refractivity contribution < 1.29 is 19.0 Å². The summed E-state index contributed by atoms with van der Waals surface area (Å²) >= 11 is 1.54. The zero-order valence-corrected chi connectivity index (χ0v) is 10.2. The molecule has 90 valence electrons. The molecule has 4 nitrogen and oxygen atoms in total. The normalized spacial score (nSPS) is 15.4. The number of thiophene rings is 1. The van der Waals surface area contributed by atoms with Crippen LogP contribution in [0.2, 0.25) is 0 Å². The number of ether oxygens (including phenoxy) is 3. The van der Waals surface area contributed by atoms with Crippen LogP contribution in [0.15, 0.2) is 11.4 Å². The van der Waals surface area contributed by atoms with Crippen molar-refractivity contribution in [1.82, 2.24) is 0 Å². The Labute approximate surface area is 103 Å². The van der Waals surface area contributed by atoms with Gasteiger partial charge in [0.1, 0.15) is 6.42 Å². The van der Waals surface area contributed by atoms with Gasteiger partial charge in [-0.25, -0.2) is 0 Å². The molecule has 0 amide bonds. The Morgan fingerprint density at radius 1 is 1.59 bits per heavy atom. The molecular weight excluding hydrogens is 240 g/mol. The molecule has 0 unspecified atom stereocenters. The van der Waals surface area contributed by atoms with Crippen LogP contribution in [0.3, 0.4) is 0 Å². The number of carbonyl (C=O) groups is 1. The Hall–Kier alpha value is -1.35. The fourth-order valence-electron chi connectivity index (χ4n) is 1.36. The van der Waals surface area contributed by atoms with Gasteiger partial charge < -0.3 is 14.2 Å². The first-order valence-electron chi connectivity index (χ1n) is 5.17. The van der Waals surface area contributed by atoms with Gasteiger partial charge in [-0.05, 0) is 6.07 Å². The molecule has 1 aromatic heterocycles. The molecule has 2 rings (SSSR count). The summed E-state index contributed by atoms with van der Waals surface area (Å²) in [6, 6.07) is 1.92. The van der Waals surface area contributed by atoms with Gasteiger partial charge in [-0.1, -0.05) is 11.8 Å². The van der Waals surface area contributed by atoms with Gasteiger partial charge in [0.25, 0.3) is 0 Å². The Morgan fingerprint density at radius 3 is 3.06 bits per heavy atom. The molecule has 5 heteroatoms. The molecular formula is C12H12O4S. The lowest BCUT2D eigenvalue weighted by Crippen LogP contribution is -1.96. The van der Waals surface area contributed by atoms with Gasteiger partial charge in [0.15, 0.2) is 6.29 Å². The number of carbonyl (C=O) groups excluding carboxylic acids is 1. The molecule has 0 aliphatic carbocycles. The molecule has 1 aromatic rings. The molecule has 17 heavy (non-hydrogen) atoms. The second-order valence-corrected chi connectivity index (χ2v) is 4.31. The van der Waals surface area contributed by atoms with E-state index >= 15 is 0 Å². The summed E-state index contributed by atoms with van der Waals surface area (Å²) in [5.41, 5.74) is 0.869. The molecule has 0 aromatic carbocycles. The predicted molar refractivity (Wildman–Crippen MR) is 62.5 cm³/mol. The van der Waals surface area contributed by atoms with Gasteiger partial charge >= 0.3 is 5.97 Å². The van der Waals surface area contributed by atoms with E-state index in [1.54, 1.807) is 11.3 Å². The van der Waals surface area contributed by atoms with Crippen LogP contribution in [-0.2, 0) is 19.0 Å². The molecule has 1 fully saturated rings. The number of esters is 1. The third-order valence-corrected chi connectivity index (χ3v) is 3.12. The van der Waals surface area contributed by atoms with E-state index in [4.69, 9.17) is 9.47 Å². The van der Waals surface area contributed by atoms with Gasteiger partial charge in [0.2, 0.25) is 0 Å². The maximum atomic E-state index is 10.9. The van der Waals surface area contributed by atoms with Crippen LogP contribution in [0, 0.1) is 11.8 Å². The molecule has 1 aliphatic heterocycles. The van der Waals surface area contributed by atoms with Crippen molar-refractivity contribution in [2.24, 2.45) is 0 Å². The smallest absolute Gasteiger partial charge is 0.317 e. The highest BCUT2D eigenvalue weighted by molar-refractivity contribution is 7.10. The zero-order chi connectivity index (χ0) is 12.1. The van der Waals surface area contributed by atoms with Crippen LogP contribution in [0.4, 0.5) is 0 Å². The van der Waals surface area contributed by atoms with E-state index in [0.29, 0.717) is 13.2 Å². The summed E-state index contributed by atoms with van der Waals surface area (Å²) in [7, 11) is 1.35. The predicted octanol–water partition coefficient (Wildman–Crippen LogP) is 1.71. The number of rotatable bonds is 2. The van der Waals surface area contributed by atoms with Crippen LogP contribution in [0.1, 0.15) is 23.2 Å². The van der Waals surface area contributed by atoms with Gasteiger partial charge in [-0.15, -0.1) is 11.3 Å². The van der Waals surface area contributed by atoms with E-state index in [2.05, 4.69) is 16.6 Å². The second kappa shape index (κ2) is 5.82. The second-order valence-electron chi connectivity index (χ2n) is 3.37. The molecule has 0 saturated carbocycles. The van der Waals surface area contributed by atoms with E-state index < -0.39 is 0 Å². The van der Waals surface area contributed by atoms with Gasteiger partial charge in [0.05, 0.1) is 25.2 Å². The van der Waals surface area contributed by atoms with Gasteiger partial charge in [-0.2, -0.15) is 0 Å². The summed E-state index contributed by atoms with van der Waals surface area (Å²) in [4.78, 5) is 11.9. The first-order chi connectivity index (χ1) is 8.29. The molecule has 0 spiro atoms. The van der Waals surface area contributed by atoms with Crippen LogP contribution in [-0.4, -0.2) is 26.3 Å². The summed E-state index contributed by atoms with van der Waals surface area (Å²) in [6.07, 6.45) is -0.144.